The smallest absolute Gasteiger partial charge is 0.299 e. The Balaban J connectivity index is 2.38. The highest BCUT2D eigenvalue weighted by Gasteiger charge is 2.38. The fraction of sp³-hybridized carbons (Fsp3) is 0.308. The molecule has 20 heavy (non-hydrogen) atoms. The second-order valence-electron chi connectivity index (χ2n) is 4.41. The van der Waals surface area contributed by atoms with Gasteiger partial charge in [0.25, 0.3) is 11.7 Å². The number of Topliss-reactive ketones (excluding diaryl/α,β-unsaturated/α-hetero) is 1. The van der Waals surface area contributed by atoms with Gasteiger partial charge in [0.05, 0.1) is 11.3 Å². The van der Waals surface area contributed by atoms with Gasteiger partial charge in [-0.05, 0) is 13.0 Å². The average molecular weight is 282 g/mol. The summed E-state index contributed by atoms with van der Waals surface area (Å²) in [5.41, 5.74) is -0.294. The summed E-state index contributed by atoms with van der Waals surface area (Å²) in [6.45, 7) is 1.80. The predicted molar refractivity (Wildman–Crippen MR) is 66.4 cm³/mol. The Morgan fingerprint density at radius 1 is 1.25 bits per heavy atom. The minimum Gasteiger partial charge on any atom is -0.344 e. The highest BCUT2D eigenvalue weighted by atomic mass is 19.2. The van der Waals surface area contributed by atoms with Gasteiger partial charge < -0.3 is 4.90 Å². The molecule has 0 N–H and O–H groups in total. The summed E-state index contributed by atoms with van der Waals surface area (Å²) in [7, 11) is 1.54. The summed E-state index contributed by atoms with van der Waals surface area (Å²) in [5, 5.41) is 0. The molecule has 1 aliphatic heterocycles. The molecular formula is C13H12F2N2O3. The van der Waals surface area contributed by atoms with E-state index in [0.717, 1.165) is 11.0 Å². The maximum atomic E-state index is 13.2. The molecule has 0 spiro atoms. The van der Waals surface area contributed by atoms with Crippen LogP contribution in [0, 0.1) is 11.6 Å². The van der Waals surface area contributed by atoms with Gasteiger partial charge in [-0.2, -0.15) is 0 Å². The number of fused-ring (bicyclic) bond motifs is 1. The van der Waals surface area contributed by atoms with Gasteiger partial charge in [-0.3, -0.25) is 19.3 Å². The molecule has 0 radical (unpaired) electrons. The number of likely N-dealkylation sites (N-methyl/N-ethyl adjacent to an activating group) is 1. The molecule has 5 nitrogen and oxygen atoms in total. The fourth-order valence-corrected chi connectivity index (χ4v) is 1.88. The van der Waals surface area contributed by atoms with E-state index in [1.807, 2.05) is 0 Å². The first-order valence-corrected chi connectivity index (χ1v) is 5.96. The SMILES string of the molecule is CCN(C)C(=O)CN1C(=O)C(=O)c2cc(F)c(F)cc21. The molecule has 0 saturated carbocycles. The Morgan fingerprint density at radius 3 is 2.45 bits per heavy atom. The first kappa shape index (κ1) is 14.1. The van der Waals surface area contributed by atoms with Crippen molar-refractivity contribution < 1.29 is 23.2 Å². The minimum absolute atomic E-state index is 0.0725. The topological polar surface area (TPSA) is 57.7 Å². The summed E-state index contributed by atoms with van der Waals surface area (Å²) in [5.74, 6) is -4.67. The van der Waals surface area contributed by atoms with E-state index in [1.165, 1.54) is 11.9 Å². The standard InChI is InChI=1S/C13H12F2N2O3/c1-3-16(2)11(18)6-17-10-5-9(15)8(14)4-7(10)12(19)13(17)20/h4-5H,3,6H2,1-2H3. The zero-order valence-electron chi connectivity index (χ0n) is 10.9. The zero-order valence-corrected chi connectivity index (χ0v) is 10.9. The van der Waals surface area contributed by atoms with Gasteiger partial charge >= 0.3 is 0 Å². The van der Waals surface area contributed by atoms with Crippen molar-refractivity contribution in [1.29, 1.82) is 0 Å². The van der Waals surface area contributed by atoms with Crippen molar-refractivity contribution in [3.63, 3.8) is 0 Å². The maximum Gasteiger partial charge on any atom is 0.299 e. The summed E-state index contributed by atoms with van der Waals surface area (Å²) in [6.07, 6.45) is 0. The van der Waals surface area contributed by atoms with Crippen molar-refractivity contribution in [2.75, 3.05) is 25.0 Å². The second kappa shape index (κ2) is 4.99. The molecule has 1 aliphatic rings. The molecule has 0 aromatic heterocycles. The molecule has 0 aliphatic carbocycles. The predicted octanol–water partition coefficient (Wildman–Crippen LogP) is 0.972. The molecule has 1 aromatic rings. The molecule has 0 bridgehead atoms. The Labute approximate surface area is 113 Å². The molecule has 1 aromatic carbocycles. The Bertz CT molecular complexity index is 616. The van der Waals surface area contributed by atoms with Crippen LogP contribution in [0.15, 0.2) is 12.1 Å². The van der Waals surface area contributed by atoms with Crippen LogP contribution in [-0.4, -0.2) is 42.6 Å². The summed E-state index contributed by atoms with van der Waals surface area (Å²) in [4.78, 5) is 37.5. The lowest BCUT2D eigenvalue weighted by Gasteiger charge is -2.20. The van der Waals surface area contributed by atoms with Gasteiger partial charge in [0.1, 0.15) is 6.54 Å². The van der Waals surface area contributed by atoms with Crippen LogP contribution in [0.1, 0.15) is 17.3 Å². The number of amides is 2. The van der Waals surface area contributed by atoms with Crippen LogP contribution < -0.4 is 4.90 Å². The Kier molecular flexibility index (Phi) is 3.52. The zero-order chi connectivity index (χ0) is 15.0. The second-order valence-corrected chi connectivity index (χ2v) is 4.41. The van der Waals surface area contributed by atoms with Crippen LogP contribution in [0.25, 0.3) is 0 Å². The third-order valence-electron chi connectivity index (χ3n) is 3.21. The molecule has 7 heteroatoms. The Hall–Kier alpha value is -2.31. The number of carbonyl (C=O) groups excluding carboxylic acids is 3. The summed E-state index contributed by atoms with van der Waals surface area (Å²) in [6, 6.07) is 1.44. The van der Waals surface area contributed by atoms with Crippen molar-refractivity contribution >= 4 is 23.3 Å². The number of ketones is 1. The molecule has 0 unspecified atom stereocenters. The van der Waals surface area contributed by atoms with Crippen LogP contribution in [0.2, 0.25) is 0 Å². The number of nitrogens with zero attached hydrogens (tertiary/aromatic N) is 2. The third-order valence-corrected chi connectivity index (χ3v) is 3.21. The number of benzene rings is 1. The van der Waals surface area contributed by atoms with E-state index in [4.69, 9.17) is 0 Å². The summed E-state index contributed by atoms with van der Waals surface area (Å²) < 4.78 is 26.4. The van der Waals surface area contributed by atoms with E-state index in [9.17, 15) is 23.2 Å². The highest BCUT2D eigenvalue weighted by Crippen LogP contribution is 2.30. The quantitative estimate of drug-likeness (QED) is 0.776. The molecular weight excluding hydrogens is 270 g/mol. The van der Waals surface area contributed by atoms with E-state index >= 15 is 0 Å². The molecule has 0 fully saturated rings. The van der Waals surface area contributed by atoms with E-state index in [0.29, 0.717) is 12.6 Å². The van der Waals surface area contributed by atoms with E-state index in [-0.39, 0.29) is 17.8 Å². The van der Waals surface area contributed by atoms with Crippen molar-refractivity contribution in [2.45, 2.75) is 6.92 Å². The van der Waals surface area contributed by atoms with Gasteiger partial charge in [-0.25, -0.2) is 8.78 Å². The number of rotatable bonds is 3. The molecule has 1 heterocycles. The molecule has 106 valence electrons. The van der Waals surface area contributed by atoms with Crippen molar-refractivity contribution in [3.8, 4) is 0 Å². The lowest BCUT2D eigenvalue weighted by atomic mass is 10.1. The van der Waals surface area contributed by atoms with Crippen molar-refractivity contribution in [3.05, 3.63) is 29.3 Å². The first-order valence-electron chi connectivity index (χ1n) is 5.96. The first-order chi connectivity index (χ1) is 9.36. The molecule has 0 atom stereocenters. The van der Waals surface area contributed by atoms with Crippen LogP contribution >= 0.6 is 0 Å². The largest absolute Gasteiger partial charge is 0.344 e. The van der Waals surface area contributed by atoms with Crippen molar-refractivity contribution in [2.24, 2.45) is 0 Å². The monoisotopic (exact) mass is 282 g/mol. The van der Waals surface area contributed by atoms with E-state index < -0.39 is 29.2 Å². The normalized spacial score (nSPS) is 13.7. The molecule has 2 amide bonds. The van der Waals surface area contributed by atoms with E-state index in [2.05, 4.69) is 0 Å². The summed E-state index contributed by atoms with van der Waals surface area (Å²) >= 11 is 0. The highest BCUT2D eigenvalue weighted by molar-refractivity contribution is 6.52. The van der Waals surface area contributed by atoms with Gasteiger partial charge in [0.2, 0.25) is 5.91 Å². The van der Waals surface area contributed by atoms with Crippen LogP contribution in [-0.2, 0) is 9.59 Å². The average Bonchev–Trinajstić information content (AvgIpc) is 2.64. The van der Waals surface area contributed by atoms with Crippen LogP contribution in [0.5, 0.6) is 0 Å². The Morgan fingerprint density at radius 2 is 1.85 bits per heavy atom. The van der Waals surface area contributed by atoms with Crippen molar-refractivity contribution in [1.82, 2.24) is 4.90 Å². The molecule has 2 rings (SSSR count). The molecule has 0 saturated heterocycles. The number of hydrogen-bond acceptors (Lipinski definition) is 3. The van der Waals surface area contributed by atoms with Gasteiger partial charge in [0.15, 0.2) is 11.6 Å². The maximum absolute atomic E-state index is 13.2. The lowest BCUT2D eigenvalue weighted by molar-refractivity contribution is -0.129. The third kappa shape index (κ3) is 2.15. The number of hydrogen-bond donors (Lipinski definition) is 0. The van der Waals surface area contributed by atoms with Gasteiger partial charge in [-0.15, -0.1) is 0 Å². The van der Waals surface area contributed by atoms with E-state index in [1.54, 1.807) is 6.92 Å². The van der Waals surface area contributed by atoms with Crippen LogP contribution in [0.4, 0.5) is 14.5 Å². The lowest BCUT2D eigenvalue weighted by Crippen LogP contribution is -2.40. The van der Waals surface area contributed by atoms with Gasteiger partial charge in [0, 0.05) is 19.7 Å². The number of halogens is 2. The minimum atomic E-state index is -1.20. The van der Waals surface area contributed by atoms with Crippen LogP contribution in [0.3, 0.4) is 0 Å². The number of carbonyl (C=O) groups is 3. The van der Waals surface area contributed by atoms with Gasteiger partial charge in [-0.1, -0.05) is 0 Å². The number of anilines is 1. The fourth-order valence-electron chi connectivity index (χ4n) is 1.88.